The number of aryl methyl sites for hydroxylation is 2. The summed E-state index contributed by atoms with van der Waals surface area (Å²) in [6.45, 7) is 3.69. The van der Waals surface area contributed by atoms with Crippen LogP contribution in [0.4, 0.5) is 11.4 Å². The Kier molecular flexibility index (Phi) is 4.30. The van der Waals surface area contributed by atoms with Crippen LogP contribution in [0.5, 0.6) is 0 Å². The Balaban J connectivity index is 2.29. The smallest absolute Gasteiger partial charge is 0.271 e. The molecule has 0 saturated carbocycles. The summed E-state index contributed by atoms with van der Waals surface area (Å²) in [5.41, 5.74) is 2.68. The van der Waals surface area contributed by atoms with Crippen molar-refractivity contribution < 1.29 is 4.92 Å². The maximum atomic E-state index is 10.8. The molecule has 0 aliphatic heterocycles. The number of rotatable bonds is 4. The van der Waals surface area contributed by atoms with Gasteiger partial charge in [-0.15, -0.1) is 11.3 Å². The minimum Gasteiger partial charge on any atom is -0.360 e. The van der Waals surface area contributed by atoms with Crippen LogP contribution >= 0.6 is 11.3 Å². The Morgan fingerprint density at radius 3 is 2.86 bits per heavy atom. The number of hydrogen-bond acceptors (Lipinski definition) is 6. The van der Waals surface area contributed by atoms with E-state index in [-0.39, 0.29) is 5.69 Å². The van der Waals surface area contributed by atoms with Gasteiger partial charge in [-0.05, 0) is 19.4 Å². The Hall–Kier alpha value is -2.72. The number of non-ortho nitro benzene ring substituents is 1. The van der Waals surface area contributed by atoms with Gasteiger partial charge in [0.15, 0.2) is 0 Å². The Labute approximate surface area is 125 Å². The fourth-order valence-corrected chi connectivity index (χ4v) is 2.41. The highest BCUT2D eigenvalue weighted by atomic mass is 32.1. The van der Waals surface area contributed by atoms with Crippen molar-refractivity contribution in [3.63, 3.8) is 0 Å². The van der Waals surface area contributed by atoms with Crippen molar-refractivity contribution in [2.24, 2.45) is 0 Å². The summed E-state index contributed by atoms with van der Waals surface area (Å²) in [6, 6.07) is 6.61. The molecule has 0 aliphatic rings. The monoisotopic (exact) mass is 300 g/mol. The quantitative estimate of drug-likeness (QED) is 0.528. The second-order valence-electron chi connectivity index (χ2n) is 4.36. The molecule has 21 heavy (non-hydrogen) atoms. The lowest BCUT2D eigenvalue weighted by atomic mass is 10.2. The summed E-state index contributed by atoms with van der Waals surface area (Å²) in [4.78, 5) is 14.6. The number of nitro benzene ring substituents is 1. The standard InChI is InChI=1S/C14H12N4O2S/c1-9-3-4-12(18(19)20)5-13(9)16-7-11(6-15)14-17-10(2)8-21-14/h3-5,7-8,16H,1-2H3/b11-7+. The molecule has 0 saturated heterocycles. The fraction of sp³-hybridized carbons (Fsp3) is 0.143. The normalized spacial score (nSPS) is 11.0. The molecule has 106 valence electrons. The summed E-state index contributed by atoms with van der Waals surface area (Å²) in [7, 11) is 0. The first-order chi connectivity index (χ1) is 10.0. The van der Waals surface area contributed by atoms with Crippen molar-refractivity contribution in [3.8, 4) is 6.07 Å². The van der Waals surface area contributed by atoms with E-state index in [9.17, 15) is 15.4 Å². The second kappa shape index (κ2) is 6.15. The number of nitrogens with one attached hydrogen (secondary N) is 1. The van der Waals surface area contributed by atoms with Gasteiger partial charge in [-0.1, -0.05) is 6.07 Å². The lowest BCUT2D eigenvalue weighted by Crippen LogP contribution is -1.96. The van der Waals surface area contributed by atoms with Crippen LogP contribution in [0.1, 0.15) is 16.3 Å². The van der Waals surface area contributed by atoms with E-state index in [1.807, 2.05) is 19.2 Å². The number of nitrogens with zero attached hydrogens (tertiary/aromatic N) is 3. The predicted molar refractivity (Wildman–Crippen MR) is 81.9 cm³/mol. The van der Waals surface area contributed by atoms with Crippen molar-refractivity contribution in [2.45, 2.75) is 13.8 Å². The molecule has 1 aromatic carbocycles. The van der Waals surface area contributed by atoms with E-state index in [2.05, 4.69) is 16.4 Å². The summed E-state index contributed by atoms with van der Waals surface area (Å²) in [5.74, 6) is 0. The number of aromatic nitrogens is 1. The van der Waals surface area contributed by atoms with Crippen LogP contribution < -0.4 is 5.32 Å². The minimum atomic E-state index is -0.455. The highest BCUT2D eigenvalue weighted by Crippen LogP contribution is 2.23. The molecule has 0 unspecified atom stereocenters. The van der Waals surface area contributed by atoms with E-state index in [4.69, 9.17) is 0 Å². The van der Waals surface area contributed by atoms with Crippen molar-refractivity contribution >= 4 is 28.3 Å². The van der Waals surface area contributed by atoms with Crippen LogP contribution in [0.25, 0.3) is 5.57 Å². The van der Waals surface area contributed by atoms with Gasteiger partial charge < -0.3 is 5.32 Å². The number of nitro groups is 1. The number of thiazole rings is 1. The zero-order valence-corrected chi connectivity index (χ0v) is 12.3. The molecule has 0 fully saturated rings. The molecule has 2 aromatic rings. The average molecular weight is 300 g/mol. The van der Waals surface area contributed by atoms with Crippen LogP contribution in [0.15, 0.2) is 29.8 Å². The zero-order valence-electron chi connectivity index (χ0n) is 11.5. The van der Waals surface area contributed by atoms with Crippen LogP contribution in [-0.2, 0) is 0 Å². The van der Waals surface area contributed by atoms with Crippen molar-refractivity contribution in [1.29, 1.82) is 5.26 Å². The minimum absolute atomic E-state index is 0.0000932. The molecule has 0 amide bonds. The number of nitriles is 1. The van der Waals surface area contributed by atoms with Crippen LogP contribution in [-0.4, -0.2) is 9.91 Å². The molecule has 2 rings (SSSR count). The molecule has 0 atom stereocenters. The number of anilines is 1. The number of benzene rings is 1. The van der Waals surface area contributed by atoms with Crippen molar-refractivity contribution in [3.05, 3.63) is 56.2 Å². The predicted octanol–water partition coefficient (Wildman–Crippen LogP) is 3.64. The van der Waals surface area contributed by atoms with E-state index in [0.29, 0.717) is 16.3 Å². The lowest BCUT2D eigenvalue weighted by molar-refractivity contribution is -0.384. The largest absolute Gasteiger partial charge is 0.360 e. The van der Waals surface area contributed by atoms with Gasteiger partial charge >= 0.3 is 0 Å². The van der Waals surface area contributed by atoms with Gasteiger partial charge in [0.2, 0.25) is 0 Å². The van der Waals surface area contributed by atoms with Gasteiger partial charge in [-0.2, -0.15) is 5.26 Å². The first-order valence-corrected chi connectivity index (χ1v) is 6.93. The molecule has 1 heterocycles. The third-order valence-corrected chi connectivity index (χ3v) is 3.77. The van der Waals surface area contributed by atoms with Crippen LogP contribution in [0, 0.1) is 35.3 Å². The van der Waals surface area contributed by atoms with Gasteiger partial charge in [-0.3, -0.25) is 10.1 Å². The molecule has 6 nitrogen and oxygen atoms in total. The first kappa shape index (κ1) is 14.7. The first-order valence-electron chi connectivity index (χ1n) is 6.05. The van der Waals surface area contributed by atoms with Crippen LogP contribution in [0.3, 0.4) is 0 Å². The lowest BCUT2D eigenvalue weighted by Gasteiger charge is -2.05. The molecule has 0 spiro atoms. The Morgan fingerprint density at radius 2 is 2.29 bits per heavy atom. The molecule has 1 N–H and O–H groups in total. The molecule has 0 radical (unpaired) electrons. The van der Waals surface area contributed by atoms with Gasteiger partial charge in [0, 0.05) is 35.1 Å². The summed E-state index contributed by atoms with van der Waals surface area (Å²) >= 11 is 1.38. The molecular formula is C14H12N4O2S. The van der Waals surface area contributed by atoms with Crippen LogP contribution in [0.2, 0.25) is 0 Å². The molecule has 7 heteroatoms. The molecule has 0 bridgehead atoms. The Morgan fingerprint density at radius 1 is 1.52 bits per heavy atom. The molecule has 0 aliphatic carbocycles. The van der Waals surface area contributed by atoms with E-state index in [0.717, 1.165) is 11.3 Å². The number of allylic oxidation sites excluding steroid dienone is 1. The highest BCUT2D eigenvalue weighted by molar-refractivity contribution is 7.10. The van der Waals surface area contributed by atoms with Gasteiger partial charge in [0.1, 0.15) is 16.6 Å². The van der Waals surface area contributed by atoms with Crippen molar-refractivity contribution in [1.82, 2.24) is 4.98 Å². The number of hydrogen-bond donors (Lipinski definition) is 1. The maximum absolute atomic E-state index is 10.8. The van der Waals surface area contributed by atoms with Gasteiger partial charge in [0.05, 0.1) is 4.92 Å². The zero-order chi connectivity index (χ0) is 15.4. The summed E-state index contributed by atoms with van der Waals surface area (Å²) < 4.78 is 0. The van der Waals surface area contributed by atoms with Gasteiger partial charge in [0.25, 0.3) is 5.69 Å². The van der Waals surface area contributed by atoms with E-state index in [1.54, 1.807) is 6.07 Å². The molecule has 1 aromatic heterocycles. The van der Waals surface area contributed by atoms with E-state index < -0.39 is 4.92 Å². The second-order valence-corrected chi connectivity index (χ2v) is 5.22. The average Bonchev–Trinajstić information content (AvgIpc) is 2.87. The highest BCUT2D eigenvalue weighted by Gasteiger charge is 2.09. The summed E-state index contributed by atoms with van der Waals surface area (Å²) in [5, 5.41) is 25.4. The third kappa shape index (κ3) is 3.43. The topological polar surface area (TPSA) is 91.8 Å². The SMILES string of the molecule is Cc1csc(/C(C#N)=C/Nc2cc([N+](=O)[O-])ccc2C)n1. The Bertz CT molecular complexity index is 759. The maximum Gasteiger partial charge on any atom is 0.271 e. The van der Waals surface area contributed by atoms with Crippen molar-refractivity contribution in [2.75, 3.05) is 5.32 Å². The van der Waals surface area contributed by atoms with E-state index >= 15 is 0 Å². The third-order valence-electron chi connectivity index (χ3n) is 2.77. The summed E-state index contributed by atoms with van der Waals surface area (Å²) in [6.07, 6.45) is 1.52. The fourth-order valence-electron chi connectivity index (χ4n) is 1.65. The van der Waals surface area contributed by atoms with Gasteiger partial charge in [-0.25, -0.2) is 4.98 Å². The molecular weight excluding hydrogens is 288 g/mol. The van der Waals surface area contributed by atoms with E-state index in [1.165, 1.54) is 29.7 Å².